The Morgan fingerprint density at radius 2 is 1.06 bits per heavy atom. The topological polar surface area (TPSA) is 313 Å². The summed E-state index contributed by atoms with van der Waals surface area (Å²) in [5, 5.41) is 11.0. The van der Waals surface area contributed by atoms with Crippen LogP contribution in [0.2, 0.25) is 0 Å². The first-order valence-electron chi connectivity index (χ1n) is 21.6. The molecule has 0 spiro atoms. The van der Waals surface area contributed by atoms with Gasteiger partial charge >= 0.3 is 46.9 Å². The summed E-state index contributed by atoms with van der Waals surface area (Å²) in [5.74, 6) is 3.77. The van der Waals surface area contributed by atoms with Crippen molar-refractivity contribution in [3.8, 4) is 29.1 Å². The molecule has 9 rings (SSSR count). The summed E-state index contributed by atoms with van der Waals surface area (Å²) in [6, 6.07) is 22.2. The summed E-state index contributed by atoms with van der Waals surface area (Å²) < 4.78 is 196. The van der Waals surface area contributed by atoms with Crippen LogP contribution in [0.1, 0.15) is 87.8 Å². The molecule has 5 aliphatic rings. The van der Waals surface area contributed by atoms with Gasteiger partial charge in [-0.05, 0) is 126 Å². The minimum absolute atomic E-state index is 0. The van der Waals surface area contributed by atoms with E-state index in [9.17, 15) is 53.9 Å². The maximum atomic E-state index is 11.8. The molecule has 3 heterocycles. The van der Waals surface area contributed by atoms with Gasteiger partial charge in [-0.1, -0.05) is 52.4 Å². The fourth-order valence-electron chi connectivity index (χ4n) is 6.43. The normalized spacial score (nSPS) is 16.4. The predicted molar refractivity (Wildman–Crippen MR) is 277 cm³/mol. The molecule has 3 aliphatic heterocycles. The number of nitriles is 1. The summed E-state index contributed by atoms with van der Waals surface area (Å²) in [5.41, 5.74) is -4.98. The third-order valence-corrected chi connectivity index (χ3v) is 13.2. The van der Waals surface area contributed by atoms with Crippen LogP contribution in [-0.2, 0) is 56.2 Å². The first kappa shape index (κ1) is 73.3. The largest absolute Gasteiger partial charge is 0.522 e. The van der Waals surface area contributed by atoms with E-state index in [4.69, 9.17) is 68.9 Å². The summed E-state index contributed by atoms with van der Waals surface area (Å²) in [7, 11) is -17.5. The van der Waals surface area contributed by atoms with Gasteiger partial charge in [0, 0.05) is 75.7 Å². The number of allylic oxidation sites excluding steroid dienone is 6. The van der Waals surface area contributed by atoms with Crippen molar-refractivity contribution in [2.75, 3.05) is 24.6 Å². The van der Waals surface area contributed by atoms with Crippen molar-refractivity contribution < 1.29 is 138 Å². The Morgan fingerprint density at radius 3 is 1.44 bits per heavy atom. The average Bonchev–Trinajstić information content (AvgIpc) is 4.20. The Kier molecular flexibility index (Phi) is 28.7. The number of alkyl halides is 9. The smallest absolute Gasteiger partial charge is 0.454 e. The monoisotopic (exact) mass is 1380 g/mol. The summed E-state index contributed by atoms with van der Waals surface area (Å²) in [6.45, 7) is 5.08. The number of nitrogens with zero attached hydrogens (tertiary/aromatic N) is 1. The average molecular weight is 1380 g/mol. The molecule has 0 fully saturated rings. The number of halogens is 11. The Morgan fingerprint density at radius 1 is 0.667 bits per heavy atom. The van der Waals surface area contributed by atoms with Crippen molar-refractivity contribution in [2.24, 2.45) is 5.92 Å². The molecule has 19 nitrogen and oxygen atoms in total. The second kappa shape index (κ2) is 31.7. The minimum atomic E-state index is -5.84. The molecule has 0 amide bonds. The Bertz CT molecular complexity index is 3220. The molecule has 0 bridgehead atoms. The molecule has 2 aliphatic carbocycles. The van der Waals surface area contributed by atoms with Crippen molar-refractivity contribution in [3.05, 3.63) is 140 Å². The Balaban J connectivity index is 0.000000508. The van der Waals surface area contributed by atoms with Crippen molar-refractivity contribution in [3.63, 3.8) is 0 Å². The van der Waals surface area contributed by atoms with Crippen molar-refractivity contribution in [1.82, 2.24) is 0 Å². The molecule has 3 atom stereocenters. The van der Waals surface area contributed by atoms with Gasteiger partial charge in [0.25, 0.3) is 0 Å². The minimum Gasteiger partial charge on any atom is -0.454 e. The molecule has 81 heavy (non-hydrogen) atoms. The molecule has 4 aromatic carbocycles. The van der Waals surface area contributed by atoms with Crippen LogP contribution in [-0.4, -0.2) is 86.9 Å². The molecule has 4 aromatic rings. The van der Waals surface area contributed by atoms with E-state index in [-0.39, 0.29) is 57.0 Å². The number of nitrogen functional groups attached to an aromatic ring is 1. The quantitative estimate of drug-likeness (QED) is 0.0241. The number of Topliss-reactive ketones (excluding diaryl/α,β-unsaturated/α-hetero) is 2. The molecule has 441 valence electrons. The molecular formula is C47H44Br2F9N3O16S3Sc. The number of aldehydes is 1. The zero-order valence-corrected chi connectivity index (χ0v) is 49.0. The third kappa shape index (κ3) is 23.2. The SMILES string of the molecule is C1=CCC=C1.CC#N.CC(=O)c1ccc(N)cc1.CC(=O)c1ccc2c(c1)C1C=CCC1C(c1cc3c(cc1Br)OCO3)N2.O=Cc1cc2c(cc1Br)OCO2.O=S(=O)(O)C(F)(F)F.O=S(=O)(O)C(F)(F)F.O=S(=O)(O)C(F)(F)F.[Sc]. The Labute approximate surface area is 492 Å². The van der Waals surface area contributed by atoms with Gasteiger partial charge in [-0.25, -0.2) is 0 Å². The number of anilines is 2. The van der Waals surface area contributed by atoms with E-state index in [0.717, 1.165) is 50.8 Å². The van der Waals surface area contributed by atoms with Crippen LogP contribution in [0.5, 0.6) is 23.0 Å². The molecule has 6 N–H and O–H groups in total. The van der Waals surface area contributed by atoms with E-state index < -0.39 is 46.9 Å². The van der Waals surface area contributed by atoms with Crippen LogP contribution in [0.25, 0.3) is 0 Å². The van der Waals surface area contributed by atoms with Gasteiger partial charge in [-0.3, -0.25) is 28.0 Å². The number of nitrogens with two attached hydrogens (primary N) is 1. The number of carbonyl (C=O) groups is 3. The summed E-state index contributed by atoms with van der Waals surface area (Å²) in [6.07, 6.45) is 15.8. The standard InChI is InChI=1S/C21H18BrNO3.C8H5BrO3.C8H9NO.C5H6.C2H3N.3CHF3O3S.Sc/c1-11(24)12-5-6-18-15(7-12)13-3-2-4-14(13)21(23-18)16-8-19-20(9-17(16)22)26-10-25-19;9-6-2-8-7(11-4-12-8)1-5(6)3-10;1-6(10)7-2-4-8(9)5-3-7;1-2-4-5-3-1;1-2-3;3*2-1(3,4)8(5,6)7;/h2-3,5-9,13-14,21,23H,4,10H2,1H3;1-3H,4H2;2-5H,9H2,1H3;1-4H,5H2;1H3;3*(H,5,6,7);. The van der Waals surface area contributed by atoms with E-state index in [1.807, 2.05) is 24.3 Å². The molecule has 0 aromatic heterocycles. The number of ketones is 2. The number of ether oxygens (including phenoxy) is 4. The summed E-state index contributed by atoms with van der Waals surface area (Å²) >= 11 is 6.96. The molecule has 3 unspecified atom stereocenters. The predicted octanol–water partition coefficient (Wildman–Crippen LogP) is 11.9. The van der Waals surface area contributed by atoms with E-state index in [1.165, 1.54) is 25.0 Å². The number of carbonyl (C=O) groups excluding carboxylic acids is 3. The number of benzene rings is 4. The van der Waals surface area contributed by atoms with Crippen LogP contribution in [0.3, 0.4) is 0 Å². The summed E-state index contributed by atoms with van der Waals surface area (Å²) in [4.78, 5) is 33.0. The van der Waals surface area contributed by atoms with Gasteiger partial charge in [0.15, 0.2) is 40.9 Å². The first-order chi connectivity index (χ1) is 36.8. The molecule has 0 saturated carbocycles. The maximum Gasteiger partial charge on any atom is 0.522 e. The van der Waals surface area contributed by atoms with Gasteiger partial charge in [-0.2, -0.15) is 70.0 Å². The number of rotatable bonds is 4. The Hall–Kier alpha value is -5.67. The number of hydrogen-bond donors (Lipinski definition) is 5. The third-order valence-electron chi connectivity index (χ3n) is 10.1. The van der Waals surface area contributed by atoms with E-state index >= 15 is 0 Å². The van der Waals surface area contributed by atoms with Crippen molar-refractivity contribution >= 4 is 91.4 Å². The van der Waals surface area contributed by atoms with Crippen LogP contribution >= 0.6 is 31.9 Å². The van der Waals surface area contributed by atoms with Gasteiger partial charge < -0.3 is 30.0 Å². The van der Waals surface area contributed by atoms with Gasteiger partial charge in [0.05, 0.1) is 12.1 Å². The van der Waals surface area contributed by atoms with Crippen LogP contribution in [0, 0.1) is 17.2 Å². The molecule has 34 heteroatoms. The van der Waals surface area contributed by atoms with Crippen molar-refractivity contribution in [2.45, 2.75) is 62.1 Å². The van der Waals surface area contributed by atoms with E-state index in [2.05, 4.69) is 79.7 Å². The van der Waals surface area contributed by atoms with E-state index in [1.54, 1.807) is 49.4 Å². The molecule has 1 radical (unpaired) electrons. The maximum absolute atomic E-state index is 11.8. The van der Waals surface area contributed by atoms with Gasteiger partial charge in [0.2, 0.25) is 13.6 Å². The van der Waals surface area contributed by atoms with Crippen LogP contribution in [0.15, 0.2) is 112 Å². The van der Waals surface area contributed by atoms with Crippen LogP contribution < -0.4 is 30.0 Å². The van der Waals surface area contributed by atoms with Gasteiger partial charge in [-0.15, -0.1) is 0 Å². The zero-order chi connectivity index (χ0) is 61.2. The fraction of sp³-hybridized carbons (Fsp3) is 0.277. The second-order valence-electron chi connectivity index (χ2n) is 15.7. The fourth-order valence-corrected chi connectivity index (χ4v) is 7.41. The van der Waals surface area contributed by atoms with Gasteiger partial charge in [0.1, 0.15) is 0 Å². The first-order valence-corrected chi connectivity index (χ1v) is 27.5. The number of fused-ring (bicyclic) bond motifs is 5. The molecular weight excluding hydrogens is 1330 g/mol. The second-order valence-corrected chi connectivity index (χ2v) is 21.6. The van der Waals surface area contributed by atoms with E-state index in [0.29, 0.717) is 40.1 Å². The zero-order valence-electron chi connectivity index (χ0n) is 41.6. The number of hydrogen-bond acceptors (Lipinski definition) is 16. The van der Waals surface area contributed by atoms with Crippen LogP contribution in [0.4, 0.5) is 50.9 Å². The van der Waals surface area contributed by atoms with Crippen molar-refractivity contribution in [1.29, 1.82) is 5.26 Å². The molecule has 0 saturated heterocycles. The number of nitrogens with one attached hydrogen (secondary N) is 1.